The molecular formula is C15H26BrNOS. The molecule has 0 radical (unpaired) electrons. The molecule has 1 aromatic rings. The third-order valence-corrected chi connectivity index (χ3v) is 4.83. The number of hydrogen-bond donors (Lipinski definition) is 1. The van der Waals surface area contributed by atoms with Gasteiger partial charge >= 0.3 is 0 Å². The Morgan fingerprint density at radius 2 is 1.89 bits per heavy atom. The fraction of sp³-hybridized carbons (Fsp3) is 0.733. The van der Waals surface area contributed by atoms with E-state index >= 15 is 0 Å². The maximum atomic E-state index is 6.02. The van der Waals surface area contributed by atoms with Crippen LogP contribution in [0.15, 0.2) is 15.9 Å². The Labute approximate surface area is 129 Å². The van der Waals surface area contributed by atoms with Gasteiger partial charge in [0.05, 0.1) is 3.79 Å². The molecule has 0 aliphatic rings. The number of unbranched alkanes of at least 4 members (excludes halogenated alkanes) is 5. The Morgan fingerprint density at radius 3 is 2.47 bits per heavy atom. The van der Waals surface area contributed by atoms with Crippen molar-refractivity contribution in [2.75, 3.05) is 6.61 Å². The number of thiophene rings is 1. The van der Waals surface area contributed by atoms with Gasteiger partial charge in [0, 0.05) is 17.5 Å². The smallest absolute Gasteiger partial charge is 0.106 e. The highest BCUT2D eigenvalue weighted by molar-refractivity contribution is 9.11. The summed E-state index contributed by atoms with van der Waals surface area (Å²) in [5.74, 6) is 0. The van der Waals surface area contributed by atoms with E-state index in [0.717, 1.165) is 16.8 Å². The van der Waals surface area contributed by atoms with Crippen LogP contribution in [0.3, 0.4) is 0 Å². The Hall–Kier alpha value is 0.1000. The van der Waals surface area contributed by atoms with Crippen molar-refractivity contribution in [1.29, 1.82) is 0 Å². The first-order chi connectivity index (χ1) is 9.15. The van der Waals surface area contributed by atoms with Gasteiger partial charge in [0.1, 0.15) is 6.10 Å². The van der Waals surface area contributed by atoms with E-state index < -0.39 is 0 Å². The summed E-state index contributed by atoms with van der Waals surface area (Å²) in [6.45, 7) is 5.07. The first-order valence-electron chi connectivity index (χ1n) is 7.27. The van der Waals surface area contributed by atoms with E-state index in [0.29, 0.717) is 0 Å². The zero-order valence-electron chi connectivity index (χ0n) is 12.0. The summed E-state index contributed by atoms with van der Waals surface area (Å²) >= 11 is 5.20. The van der Waals surface area contributed by atoms with Crippen molar-refractivity contribution >= 4 is 27.3 Å². The SMILES string of the molecule is CCCCCCCCOC(c1ccc(Br)s1)C(C)N. The van der Waals surface area contributed by atoms with Gasteiger partial charge in [0.2, 0.25) is 0 Å². The van der Waals surface area contributed by atoms with Gasteiger partial charge in [-0.2, -0.15) is 0 Å². The average molecular weight is 348 g/mol. The van der Waals surface area contributed by atoms with Gasteiger partial charge in [0.25, 0.3) is 0 Å². The minimum absolute atomic E-state index is 0.0330. The molecule has 2 unspecified atom stereocenters. The summed E-state index contributed by atoms with van der Waals surface area (Å²) in [5, 5.41) is 0. The maximum Gasteiger partial charge on any atom is 0.106 e. The average Bonchev–Trinajstić information content (AvgIpc) is 2.78. The second kappa shape index (κ2) is 9.92. The molecule has 0 aromatic carbocycles. The van der Waals surface area contributed by atoms with Gasteiger partial charge in [-0.3, -0.25) is 0 Å². The Kier molecular flexibility index (Phi) is 8.95. The highest BCUT2D eigenvalue weighted by atomic mass is 79.9. The van der Waals surface area contributed by atoms with Crippen LogP contribution in [0, 0.1) is 0 Å². The van der Waals surface area contributed by atoms with E-state index in [1.807, 2.05) is 6.92 Å². The number of ether oxygens (including phenoxy) is 1. The molecule has 19 heavy (non-hydrogen) atoms. The first-order valence-corrected chi connectivity index (χ1v) is 8.88. The predicted octanol–water partition coefficient (Wildman–Crippen LogP) is 5.28. The van der Waals surface area contributed by atoms with Crippen LogP contribution in [0.1, 0.15) is 63.4 Å². The molecule has 1 aromatic heterocycles. The molecule has 0 saturated carbocycles. The van der Waals surface area contributed by atoms with E-state index in [1.165, 1.54) is 37.0 Å². The van der Waals surface area contributed by atoms with Crippen LogP contribution < -0.4 is 5.73 Å². The molecule has 0 saturated heterocycles. The van der Waals surface area contributed by atoms with Crippen molar-refractivity contribution in [1.82, 2.24) is 0 Å². The normalized spacial score (nSPS) is 14.5. The summed E-state index contributed by atoms with van der Waals surface area (Å²) in [4.78, 5) is 1.22. The standard InChI is InChI=1S/C15H26BrNOS/c1-3-4-5-6-7-8-11-18-15(12(2)17)13-9-10-14(16)19-13/h9-10,12,15H,3-8,11,17H2,1-2H3. The van der Waals surface area contributed by atoms with Crippen molar-refractivity contribution in [2.24, 2.45) is 5.73 Å². The second-order valence-corrected chi connectivity index (χ2v) is 7.55. The van der Waals surface area contributed by atoms with Gasteiger partial charge in [-0.05, 0) is 41.4 Å². The van der Waals surface area contributed by atoms with E-state index in [1.54, 1.807) is 11.3 Å². The maximum absolute atomic E-state index is 6.02. The van der Waals surface area contributed by atoms with Gasteiger partial charge in [-0.25, -0.2) is 0 Å². The van der Waals surface area contributed by atoms with E-state index in [4.69, 9.17) is 10.5 Å². The monoisotopic (exact) mass is 347 g/mol. The van der Waals surface area contributed by atoms with Crippen molar-refractivity contribution in [3.05, 3.63) is 20.8 Å². The second-order valence-electron chi connectivity index (χ2n) is 5.06. The zero-order valence-corrected chi connectivity index (χ0v) is 14.4. The summed E-state index contributed by atoms with van der Waals surface area (Å²) in [7, 11) is 0. The van der Waals surface area contributed by atoms with E-state index in [2.05, 4.69) is 35.0 Å². The van der Waals surface area contributed by atoms with Gasteiger partial charge in [-0.1, -0.05) is 39.0 Å². The Balaban J connectivity index is 2.24. The highest BCUT2D eigenvalue weighted by Crippen LogP contribution is 2.31. The molecule has 1 heterocycles. The molecule has 0 aliphatic carbocycles. The summed E-state index contributed by atoms with van der Waals surface area (Å²) in [6.07, 6.45) is 7.77. The molecule has 2 atom stereocenters. The Bertz CT molecular complexity index is 341. The van der Waals surface area contributed by atoms with Crippen LogP contribution in [0.2, 0.25) is 0 Å². The molecule has 1 rings (SSSR count). The summed E-state index contributed by atoms with van der Waals surface area (Å²) in [6, 6.07) is 4.19. The fourth-order valence-electron chi connectivity index (χ4n) is 2.07. The molecule has 110 valence electrons. The molecule has 2 nitrogen and oxygen atoms in total. The first kappa shape index (κ1) is 17.2. The van der Waals surface area contributed by atoms with Crippen LogP contribution in [0.5, 0.6) is 0 Å². The zero-order chi connectivity index (χ0) is 14.1. The third kappa shape index (κ3) is 6.89. The fourth-order valence-corrected chi connectivity index (χ4v) is 3.66. The summed E-state index contributed by atoms with van der Waals surface area (Å²) < 4.78 is 7.11. The quantitative estimate of drug-likeness (QED) is 0.584. The molecule has 0 bridgehead atoms. The molecule has 4 heteroatoms. The topological polar surface area (TPSA) is 35.2 Å². The lowest BCUT2D eigenvalue weighted by Crippen LogP contribution is -2.26. The number of halogens is 1. The molecule has 0 spiro atoms. The van der Waals surface area contributed by atoms with Crippen LogP contribution in [-0.2, 0) is 4.74 Å². The lowest BCUT2D eigenvalue weighted by Gasteiger charge is -2.20. The van der Waals surface area contributed by atoms with Crippen molar-refractivity contribution in [2.45, 2.75) is 64.5 Å². The highest BCUT2D eigenvalue weighted by Gasteiger charge is 2.18. The largest absolute Gasteiger partial charge is 0.371 e. The molecular weight excluding hydrogens is 322 g/mol. The van der Waals surface area contributed by atoms with E-state index in [-0.39, 0.29) is 12.1 Å². The predicted molar refractivity (Wildman–Crippen MR) is 87.7 cm³/mol. The number of nitrogens with two attached hydrogens (primary N) is 1. The van der Waals surface area contributed by atoms with Gasteiger partial charge in [0.15, 0.2) is 0 Å². The van der Waals surface area contributed by atoms with Gasteiger partial charge in [-0.15, -0.1) is 11.3 Å². The number of rotatable bonds is 10. The molecule has 0 fully saturated rings. The minimum Gasteiger partial charge on any atom is -0.371 e. The molecule has 0 amide bonds. The van der Waals surface area contributed by atoms with Gasteiger partial charge < -0.3 is 10.5 Å². The van der Waals surface area contributed by atoms with Crippen LogP contribution >= 0.6 is 27.3 Å². The van der Waals surface area contributed by atoms with Crippen molar-refractivity contribution in [3.8, 4) is 0 Å². The lowest BCUT2D eigenvalue weighted by atomic mass is 10.1. The van der Waals surface area contributed by atoms with Crippen LogP contribution in [0.4, 0.5) is 0 Å². The van der Waals surface area contributed by atoms with E-state index in [9.17, 15) is 0 Å². The van der Waals surface area contributed by atoms with Crippen molar-refractivity contribution in [3.63, 3.8) is 0 Å². The van der Waals surface area contributed by atoms with Crippen molar-refractivity contribution < 1.29 is 4.74 Å². The Morgan fingerprint density at radius 1 is 1.21 bits per heavy atom. The molecule has 2 N–H and O–H groups in total. The van der Waals surface area contributed by atoms with Crippen LogP contribution in [0.25, 0.3) is 0 Å². The van der Waals surface area contributed by atoms with Crippen LogP contribution in [-0.4, -0.2) is 12.6 Å². The minimum atomic E-state index is 0.0330. The number of hydrogen-bond acceptors (Lipinski definition) is 3. The molecule has 0 aliphatic heterocycles. The summed E-state index contributed by atoms with van der Waals surface area (Å²) in [5.41, 5.74) is 6.02. The lowest BCUT2D eigenvalue weighted by molar-refractivity contribution is 0.0382. The third-order valence-electron chi connectivity index (χ3n) is 3.15.